The summed E-state index contributed by atoms with van der Waals surface area (Å²) in [4.78, 5) is 4.97. The van der Waals surface area contributed by atoms with Crippen molar-refractivity contribution in [1.29, 1.82) is 0 Å². The van der Waals surface area contributed by atoms with E-state index in [2.05, 4.69) is 16.3 Å². The van der Waals surface area contributed by atoms with Crippen LogP contribution in [0.3, 0.4) is 0 Å². The SMILES string of the molecule is C=[N+]=[N-].[N-]=[N+]=C(S(=O)(=O)C1CCCCC1)S(=O)(=O)C1CCCCC1. The first kappa shape index (κ1) is 20.7. The lowest BCUT2D eigenvalue weighted by atomic mass is 10.0. The molecule has 0 amide bonds. The first-order valence-electron chi connectivity index (χ1n) is 8.12. The van der Waals surface area contributed by atoms with Crippen molar-refractivity contribution < 1.29 is 26.4 Å². The van der Waals surface area contributed by atoms with Gasteiger partial charge in [0.25, 0.3) is 19.7 Å². The molecular weight excluding hydrogens is 352 g/mol. The standard InChI is InChI=1S/C13H22N2O4S2.CH2N2/c14-15-13(20(16,17)11-7-3-1-4-8-11)21(18,19)12-9-5-2-6-10-12;1-3-2/h11-12H,1-10H2;1H2. The van der Waals surface area contributed by atoms with Gasteiger partial charge >= 0.3 is 4.38 Å². The lowest BCUT2D eigenvalue weighted by Gasteiger charge is -2.22. The maximum Gasteiger partial charge on any atom is 0.495 e. The van der Waals surface area contributed by atoms with Crippen molar-refractivity contribution in [2.24, 2.45) is 0 Å². The van der Waals surface area contributed by atoms with E-state index in [1.807, 2.05) is 0 Å². The van der Waals surface area contributed by atoms with Crippen LogP contribution in [0, 0.1) is 0 Å². The van der Waals surface area contributed by atoms with Gasteiger partial charge in [-0.15, -0.1) is 4.79 Å². The van der Waals surface area contributed by atoms with Gasteiger partial charge in [-0.1, -0.05) is 38.5 Å². The Morgan fingerprint density at radius 2 is 1.04 bits per heavy atom. The van der Waals surface area contributed by atoms with Gasteiger partial charge in [0.2, 0.25) is 6.72 Å². The van der Waals surface area contributed by atoms with Crippen LogP contribution in [0.4, 0.5) is 0 Å². The van der Waals surface area contributed by atoms with Crippen LogP contribution >= 0.6 is 0 Å². The molecule has 136 valence electrons. The summed E-state index contributed by atoms with van der Waals surface area (Å²) in [5, 5.41) is -1.45. The average Bonchev–Trinajstić information content (AvgIpc) is 2.57. The third kappa shape index (κ3) is 4.83. The highest BCUT2D eigenvalue weighted by molar-refractivity contribution is 8.31. The molecule has 0 saturated heterocycles. The summed E-state index contributed by atoms with van der Waals surface area (Å²) in [5.41, 5.74) is 16.2. The van der Waals surface area contributed by atoms with Crippen molar-refractivity contribution >= 4 is 30.8 Å². The van der Waals surface area contributed by atoms with Crippen LogP contribution in [0.15, 0.2) is 0 Å². The van der Waals surface area contributed by atoms with Crippen LogP contribution in [-0.2, 0) is 19.7 Å². The molecule has 2 aliphatic rings. The molecular formula is C14H24N4O4S2. The van der Waals surface area contributed by atoms with E-state index < -0.39 is 34.6 Å². The van der Waals surface area contributed by atoms with Crippen molar-refractivity contribution in [3.05, 3.63) is 11.1 Å². The number of sulfone groups is 2. The Hall–Kier alpha value is -1.34. The zero-order chi connectivity index (χ0) is 18.2. The Bertz CT molecular complexity index is 656. The molecule has 2 aliphatic carbocycles. The Kier molecular flexibility index (Phi) is 7.96. The predicted octanol–water partition coefficient (Wildman–Crippen LogP) is 1.98. The summed E-state index contributed by atoms with van der Waals surface area (Å²) < 4.78 is 49.2. The Morgan fingerprint density at radius 1 is 0.750 bits per heavy atom. The summed E-state index contributed by atoms with van der Waals surface area (Å²) >= 11 is 0. The summed E-state index contributed by atoms with van der Waals surface area (Å²) in [6.07, 6.45) is 6.79. The summed E-state index contributed by atoms with van der Waals surface area (Å²) in [7, 11) is -8.14. The molecule has 0 heterocycles. The molecule has 2 fully saturated rings. The minimum absolute atomic E-state index is 0.446. The van der Waals surface area contributed by atoms with Crippen LogP contribution in [0.25, 0.3) is 11.1 Å². The molecule has 24 heavy (non-hydrogen) atoms. The van der Waals surface area contributed by atoms with E-state index in [1.54, 1.807) is 0 Å². The van der Waals surface area contributed by atoms with E-state index in [-0.39, 0.29) is 0 Å². The lowest BCUT2D eigenvalue weighted by Crippen LogP contribution is -2.40. The molecule has 0 radical (unpaired) electrons. The highest BCUT2D eigenvalue weighted by Crippen LogP contribution is 2.30. The normalized spacial score (nSPS) is 20.2. The van der Waals surface area contributed by atoms with Crippen molar-refractivity contribution in [2.45, 2.75) is 74.7 Å². The minimum atomic E-state index is -4.07. The Balaban J connectivity index is 0.000000891. The second kappa shape index (κ2) is 9.22. The van der Waals surface area contributed by atoms with Gasteiger partial charge in [-0.2, -0.15) is 4.79 Å². The van der Waals surface area contributed by atoms with E-state index in [0.717, 1.165) is 38.5 Å². The van der Waals surface area contributed by atoms with E-state index in [1.165, 1.54) is 0 Å². The van der Waals surface area contributed by atoms with Crippen molar-refractivity contribution in [2.75, 3.05) is 0 Å². The molecule has 0 unspecified atom stereocenters. The summed E-state index contributed by atoms with van der Waals surface area (Å²) in [6, 6.07) is 0. The van der Waals surface area contributed by atoms with Crippen LogP contribution in [0.2, 0.25) is 0 Å². The maximum atomic E-state index is 12.5. The largest absolute Gasteiger partial charge is 0.495 e. The molecule has 0 aromatic heterocycles. The fourth-order valence-corrected chi connectivity index (χ4v) is 8.13. The molecule has 0 spiro atoms. The second-order valence-electron chi connectivity index (χ2n) is 6.12. The molecule has 0 aromatic rings. The third-order valence-electron chi connectivity index (χ3n) is 4.55. The molecule has 10 heteroatoms. The molecule has 0 atom stereocenters. The molecule has 0 aromatic carbocycles. The molecule has 0 aliphatic heterocycles. The fraction of sp³-hybridized carbons (Fsp3) is 0.857. The van der Waals surface area contributed by atoms with Crippen LogP contribution < -0.4 is 0 Å². The van der Waals surface area contributed by atoms with Crippen molar-refractivity contribution in [1.82, 2.24) is 0 Å². The van der Waals surface area contributed by atoms with Crippen molar-refractivity contribution in [3.63, 3.8) is 0 Å². The van der Waals surface area contributed by atoms with Gasteiger partial charge in [-0.3, -0.25) is 0 Å². The molecule has 8 nitrogen and oxygen atoms in total. The van der Waals surface area contributed by atoms with Crippen molar-refractivity contribution in [3.8, 4) is 0 Å². The minimum Gasteiger partial charge on any atom is -0.362 e. The number of hydrogen-bond acceptors (Lipinski definition) is 4. The van der Waals surface area contributed by atoms with Crippen LogP contribution in [-0.4, -0.2) is 48.0 Å². The number of rotatable bonds is 2. The third-order valence-corrected chi connectivity index (χ3v) is 9.78. The Morgan fingerprint density at radius 3 is 1.29 bits per heavy atom. The van der Waals surface area contributed by atoms with Gasteiger partial charge in [0.05, 0.1) is 10.5 Å². The topological polar surface area (TPSA) is 141 Å². The van der Waals surface area contributed by atoms with Gasteiger partial charge in [-0.05, 0) is 25.7 Å². The predicted molar refractivity (Wildman–Crippen MR) is 91.0 cm³/mol. The van der Waals surface area contributed by atoms with Gasteiger partial charge in [0.15, 0.2) is 0 Å². The van der Waals surface area contributed by atoms with Crippen LogP contribution in [0.1, 0.15) is 64.2 Å². The fourth-order valence-electron chi connectivity index (χ4n) is 3.31. The van der Waals surface area contributed by atoms with E-state index in [0.29, 0.717) is 25.7 Å². The maximum absolute atomic E-state index is 12.5. The first-order chi connectivity index (χ1) is 11.3. The van der Waals surface area contributed by atoms with Gasteiger partial charge in [-0.25, -0.2) is 16.8 Å². The van der Waals surface area contributed by atoms with E-state index >= 15 is 0 Å². The van der Waals surface area contributed by atoms with E-state index in [4.69, 9.17) is 11.1 Å². The highest BCUT2D eigenvalue weighted by atomic mass is 32.3. The quantitative estimate of drug-likeness (QED) is 0.314. The monoisotopic (exact) mass is 376 g/mol. The first-order valence-corrected chi connectivity index (χ1v) is 11.2. The summed E-state index contributed by atoms with van der Waals surface area (Å²) in [5.74, 6) is 0. The second-order valence-corrected chi connectivity index (χ2v) is 10.7. The Labute approximate surface area is 143 Å². The highest BCUT2D eigenvalue weighted by Gasteiger charge is 2.49. The van der Waals surface area contributed by atoms with E-state index in [9.17, 15) is 16.8 Å². The lowest BCUT2D eigenvalue weighted by molar-refractivity contribution is 0.00358. The molecule has 2 rings (SSSR count). The van der Waals surface area contributed by atoms with Crippen LogP contribution in [0.5, 0.6) is 0 Å². The molecule has 0 bridgehead atoms. The number of hydrogen-bond donors (Lipinski definition) is 0. The zero-order valence-electron chi connectivity index (χ0n) is 13.7. The summed E-state index contributed by atoms with van der Waals surface area (Å²) in [6.45, 7) is 2.67. The van der Waals surface area contributed by atoms with Gasteiger partial charge < -0.3 is 11.1 Å². The number of nitrogens with zero attached hydrogens (tertiary/aromatic N) is 4. The average molecular weight is 377 g/mol. The molecule has 0 N–H and O–H groups in total. The van der Waals surface area contributed by atoms with Gasteiger partial charge in [0, 0.05) is 0 Å². The molecule has 2 saturated carbocycles. The van der Waals surface area contributed by atoms with Gasteiger partial charge in [0.1, 0.15) is 0 Å². The zero-order valence-corrected chi connectivity index (χ0v) is 15.3. The smallest absolute Gasteiger partial charge is 0.362 e.